The van der Waals surface area contributed by atoms with E-state index in [0.717, 1.165) is 25.7 Å². The summed E-state index contributed by atoms with van der Waals surface area (Å²) < 4.78 is 10.2. The number of ether oxygens (including phenoxy) is 2. The molecule has 0 aromatic carbocycles. The first kappa shape index (κ1) is 24.6. The Kier molecular flexibility index (Phi) is 18.1. The molecule has 0 aliphatic heterocycles. The SMILES string of the molecule is C=C(C)C(=O)NCOCCCC.C=C(C)C(=O)NCOCCCC. The Morgan fingerprint density at radius 1 is 0.792 bits per heavy atom. The molecule has 0 saturated heterocycles. The minimum absolute atomic E-state index is 0.147. The van der Waals surface area contributed by atoms with Gasteiger partial charge in [-0.05, 0) is 26.7 Å². The van der Waals surface area contributed by atoms with Crippen LogP contribution in [-0.2, 0) is 19.1 Å². The lowest BCUT2D eigenvalue weighted by Gasteiger charge is -2.04. The van der Waals surface area contributed by atoms with Crippen molar-refractivity contribution in [3.05, 3.63) is 24.3 Å². The van der Waals surface area contributed by atoms with E-state index in [2.05, 4.69) is 37.6 Å². The van der Waals surface area contributed by atoms with Gasteiger partial charge in [-0.15, -0.1) is 0 Å². The Morgan fingerprint density at radius 2 is 1.12 bits per heavy atom. The highest BCUT2D eigenvalue weighted by Crippen LogP contribution is 1.89. The Bertz CT molecular complexity index is 345. The van der Waals surface area contributed by atoms with Gasteiger partial charge in [-0.1, -0.05) is 39.8 Å². The minimum atomic E-state index is -0.147. The fourth-order valence-electron chi connectivity index (χ4n) is 1.17. The van der Waals surface area contributed by atoms with Gasteiger partial charge in [0.1, 0.15) is 13.5 Å². The van der Waals surface area contributed by atoms with Crippen molar-refractivity contribution in [3.63, 3.8) is 0 Å². The van der Waals surface area contributed by atoms with Crippen LogP contribution >= 0.6 is 0 Å². The van der Waals surface area contributed by atoms with Gasteiger partial charge in [0.25, 0.3) is 0 Å². The standard InChI is InChI=1S/2C9H17NO2/c2*1-4-5-6-12-7-10-9(11)8(2)3/h2*2,4-7H2,1,3H3,(H,10,11). The van der Waals surface area contributed by atoms with Crippen LogP contribution in [0.4, 0.5) is 0 Å². The van der Waals surface area contributed by atoms with E-state index in [1.54, 1.807) is 13.8 Å². The molecule has 0 aliphatic carbocycles. The number of nitrogens with one attached hydrogen (secondary N) is 2. The summed E-state index contributed by atoms with van der Waals surface area (Å²) in [5, 5.41) is 5.16. The van der Waals surface area contributed by atoms with Gasteiger partial charge in [-0.3, -0.25) is 9.59 Å². The molecule has 6 nitrogen and oxygen atoms in total. The van der Waals surface area contributed by atoms with E-state index in [1.807, 2.05) is 0 Å². The first-order chi connectivity index (χ1) is 11.4. The predicted octanol–water partition coefficient (Wildman–Crippen LogP) is 2.91. The van der Waals surface area contributed by atoms with Crippen LogP contribution in [0.25, 0.3) is 0 Å². The Balaban J connectivity index is 0. The van der Waals surface area contributed by atoms with E-state index in [1.165, 1.54) is 0 Å². The van der Waals surface area contributed by atoms with Gasteiger partial charge in [-0.2, -0.15) is 0 Å². The third kappa shape index (κ3) is 18.4. The summed E-state index contributed by atoms with van der Waals surface area (Å²) in [4.78, 5) is 21.8. The average molecular weight is 342 g/mol. The highest BCUT2D eigenvalue weighted by atomic mass is 16.5. The van der Waals surface area contributed by atoms with Crippen molar-refractivity contribution in [1.29, 1.82) is 0 Å². The zero-order valence-corrected chi connectivity index (χ0v) is 15.7. The number of carbonyl (C=O) groups is 2. The molecule has 0 unspecified atom stereocenters. The van der Waals surface area contributed by atoms with Crippen molar-refractivity contribution in [2.75, 3.05) is 26.7 Å². The van der Waals surface area contributed by atoms with E-state index in [9.17, 15) is 9.59 Å². The molecule has 0 heterocycles. The van der Waals surface area contributed by atoms with Crippen LogP contribution in [0.15, 0.2) is 24.3 Å². The number of rotatable bonds is 12. The van der Waals surface area contributed by atoms with Gasteiger partial charge < -0.3 is 20.1 Å². The number of hydrogen-bond acceptors (Lipinski definition) is 4. The van der Waals surface area contributed by atoms with Gasteiger partial charge in [0.15, 0.2) is 0 Å². The van der Waals surface area contributed by atoms with Crippen molar-refractivity contribution < 1.29 is 19.1 Å². The van der Waals surface area contributed by atoms with Crippen LogP contribution in [0.1, 0.15) is 53.4 Å². The lowest BCUT2D eigenvalue weighted by atomic mass is 10.3. The summed E-state index contributed by atoms with van der Waals surface area (Å²) >= 11 is 0. The molecule has 0 aromatic heterocycles. The summed E-state index contributed by atoms with van der Waals surface area (Å²) in [6.45, 7) is 16.5. The number of carbonyl (C=O) groups excluding carboxylic acids is 2. The molecular formula is C18H34N2O4. The average Bonchev–Trinajstić information content (AvgIpc) is 2.54. The first-order valence-electron chi connectivity index (χ1n) is 8.39. The molecule has 2 N–H and O–H groups in total. The molecule has 2 amide bonds. The third-order valence-corrected chi connectivity index (χ3v) is 2.73. The molecular weight excluding hydrogens is 308 g/mol. The Hall–Kier alpha value is -1.66. The second-order valence-electron chi connectivity index (χ2n) is 5.38. The first-order valence-corrected chi connectivity index (χ1v) is 8.39. The predicted molar refractivity (Wildman–Crippen MR) is 97.4 cm³/mol. The topological polar surface area (TPSA) is 76.7 Å². The quantitative estimate of drug-likeness (QED) is 0.325. The maximum Gasteiger partial charge on any atom is 0.248 e. The number of hydrogen-bond donors (Lipinski definition) is 2. The van der Waals surface area contributed by atoms with Gasteiger partial charge in [0, 0.05) is 24.4 Å². The molecule has 0 saturated carbocycles. The zero-order chi connectivity index (χ0) is 18.8. The van der Waals surface area contributed by atoms with Gasteiger partial charge >= 0.3 is 0 Å². The maximum atomic E-state index is 10.9. The lowest BCUT2D eigenvalue weighted by Crippen LogP contribution is -2.26. The van der Waals surface area contributed by atoms with E-state index in [0.29, 0.717) is 24.4 Å². The third-order valence-electron chi connectivity index (χ3n) is 2.73. The van der Waals surface area contributed by atoms with Gasteiger partial charge in [0.05, 0.1) is 0 Å². The molecule has 0 aromatic rings. The molecule has 0 aliphatic rings. The van der Waals surface area contributed by atoms with Crippen molar-refractivity contribution in [2.45, 2.75) is 53.4 Å². The number of amides is 2. The Labute approximate surface area is 146 Å². The summed E-state index contributed by atoms with van der Waals surface area (Å²) in [7, 11) is 0. The minimum Gasteiger partial charge on any atom is -0.361 e. The molecule has 0 atom stereocenters. The molecule has 0 radical (unpaired) electrons. The second-order valence-corrected chi connectivity index (χ2v) is 5.38. The van der Waals surface area contributed by atoms with Crippen molar-refractivity contribution in [3.8, 4) is 0 Å². The normalized spacial score (nSPS) is 9.50. The summed E-state index contributed by atoms with van der Waals surface area (Å²) in [6, 6.07) is 0. The van der Waals surface area contributed by atoms with Crippen molar-refractivity contribution >= 4 is 11.8 Å². The van der Waals surface area contributed by atoms with Crippen LogP contribution in [0, 0.1) is 0 Å². The monoisotopic (exact) mass is 342 g/mol. The summed E-state index contributed by atoms with van der Waals surface area (Å²) in [5.74, 6) is -0.294. The van der Waals surface area contributed by atoms with Crippen molar-refractivity contribution in [2.24, 2.45) is 0 Å². The van der Waals surface area contributed by atoms with E-state index < -0.39 is 0 Å². The van der Waals surface area contributed by atoms with E-state index in [4.69, 9.17) is 9.47 Å². The molecule has 0 spiro atoms. The zero-order valence-electron chi connectivity index (χ0n) is 15.7. The van der Waals surface area contributed by atoms with E-state index in [-0.39, 0.29) is 25.3 Å². The lowest BCUT2D eigenvalue weighted by molar-refractivity contribution is -0.119. The van der Waals surface area contributed by atoms with E-state index >= 15 is 0 Å². The van der Waals surface area contributed by atoms with Gasteiger partial charge in [0.2, 0.25) is 11.8 Å². The molecule has 24 heavy (non-hydrogen) atoms. The van der Waals surface area contributed by atoms with Crippen LogP contribution < -0.4 is 10.6 Å². The Morgan fingerprint density at radius 3 is 1.38 bits per heavy atom. The van der Waals surface area contributed by atoms with Crippen LogP contribution in [-0.4, -0.2) is 38.5 Å². The highest BCUT2D eigenvalue weighted by molar-refractivity contribution is 5.92. The van der Waals surface area contributed by atoms with Gasteiger partial charge in [-0.25, -0.2) is 0 Å². The van der Waals surface area contributed by atoms with Crippen molar-refractivity contribution in [1.82, 2.24) is 10.6 Å². The molecule has 140 valence electrons. The highest BCUT2D eigenvalue weighted by Gasteiger charge is 1.99. The smallest absolute Gasteiger partial charge is 0.248 e. The second kappa shape index (κ2) is 17.7. The molecule has 6 heteroatoms. The summed E-state index contributed by atoms with van der Waals surface area (Å²) in [6.07, 6.45) is 4.27. The number of unbranched alkanes of at least 4 members (excludes halogenated alkanes) is 2. The molecule has 0 fully saturated rings. The fraction of sp³-hybridized carbons (Fsp3) is 0.667. The molecule has 0 rings (SSSR count). The largest absolute Gasteiger partial charge is 0.361 e. The maximum absolute atomic E-state index is 10.9. The fourth-order valence-corrected chi connectivity index (χ4v) is 1.17. The van der Waals surface area contributed by atoms with Crippen LogP contribution in [0.2, 0.25) is 0 Å². The van der Waals surface area contributed by atoms with Crippen LogP contribution in [0.3, 0.4) is 0 Å². The van der Waals surface area contributed by atoms with Crippen LogP contribution in [0.5, 0.6) is 0 Å². The molecule has 0 bridgehead atoms. The summed E-state index contributed by atoms with van der Waals surface area (Å²) in [5.41, 5.74) is 1.02.